The van der Waals surface area contributed by atoms with Crippen LogP contribution in [0.1, 0.15) is 45.1 Å². The van der Waals surface area contributed by atoms with E-state index in [2.05, 4.69) is 74.2 Å². The highest BCUT2D eigenvalue weighted by Gasteiger charge is 2.29. The number of likely N-dealkylation sites (tertiary alicyclic amines) is 1. The summed E-state index contributed by atoms with van der Waals surface area (Å²) in [4.78, 5) is 2.64. The molecule has 0 spiro atoms. The largest absolute Gasteiger partial charge is 0.303 e. The Morgan fingerprint density at radius 1 is 1.13 bits per heavy atom. The van der Waals surface area contributed by atoms with E-state index in [1.54, 1.807) is 0 Å². The first-order valence-corrected chi connectivity index (χ1v) is 9.29. The molecule has 2 unspecified atom stereocenters. The maximum atomic E-state index is 2.64. The lowest BCUT2D eigenvalue weighted by Crippen LogP contribution is -2.49. The Bertz CT molecular complexity index is 549. The fourth-order valence-corrected chi connectivity index (χ4v) is 3.74. The van der Waals surface area contributed by atoms with Crippen LogP contribution < -0.4 is 0 Å². The van der Waals surface area contributed by atoms with E-state index < -0.39 is 0 Å². The Labute approximate surface area is 142 Å². The summed E-state index contributed by atoms with van der Waals surface area (Å²) in [6, 6.07) is 11.1. The molecule has 1 aliphatic carbocycles. The second-order valence-corrected chi connectivity index (χ2v) is 7.79. The van der Waals surface area contributed by atoms with Gasteiger partial charge in [0, 0.05) is 19.0 Å². The molecule has 1 aromatic rings. The van der Waals surface area contributed by atoms with E-state index in [-0.39, 0.29) is 0 Å². The van der Waals surface area contributed by atoms with Gasteiger partial charge < -0.3 is 4.90 Å². The van der Waals surface area contributed by atoms with Crippen LogP contribution in [-0.2, 0) is 0 Å². The molecule has 2 aliphatic rings. The van der Waals surface area contributed by atoms with Gasteiger partial charge in [-0.25, -0.2) is 0 Å². The standard InChI is InChI=1S/C22H31N/c1-17(2)21-15-23(16-21)14-13-22(19-7-5-4-6-8-19)20-11-9-18(3)10-12-20/h4-9,11-12,17-18,21-22H,10,13-16H2,1-3H3. The van der Waals surface area contributed by atoms with Gasteiger partial charge in [0.05, 0.1) is 0 Å². The Hall–Kier alpha value is -1.34. The SMILES string of the molecule is CC1C=CC(C(CCN2CC(C(C)C)C2)c2ccccc2)=CC1. The monoisotopic (exact) mass is 309 g/mol. The lowest BCUT2D eigenvalue weighted by atomic mass is 9.83. The average molecular weight is 309 g/mol. The molecular weight excluding hydrogens is 278 g/mol. The van der Waals surface area contributed by atoms with Crippen molar-refractivity contribution in [2.45, 2.75) is 39.5 Å². The Morgan fingerprint density at radius 3 is 2.48 bits per heavy atom. The van der Waals surface area contributed by atoms with Crippen LogP contribution in [0.4, 0.5) is 0 Å². The first-order valence-electron chi connectivity index (χ1n) is 9.29. The zero-order chi connectivity index (χ0) is 16.2. The minimum Gasteiger partial charge on any atom is -0.303 e. The molecule has 1 aromatic carbocycles. The molecule has 1 aliphatic heterocycles. The van der Waals surface area contributed by atoms with Crippen molar-refractivity contribution in [3.8, 4) is 0 Å². The van der Waals surface area contributed by atoms with Crippen LogP contribution in [-0.4, -0.2) is 24.5 Å². The quantitative estimate of drug-likeness (QED) is 0.692. The summed E-state index contributed by atoms with van der Waals surface area (Å²) in [5.74, 6) is 3.00. The molecule has 1 heterocycles. The van der Waals surface area contributed by atoms with Crippen LogP contribution in [0.3, 0.4) is 0 Å². The number of hydrogen-bond acceptors (Lipinski definition) is 1. The third-order valence-electron chi connectivity index (χ3n) is 5.61. The molecule has 0 saturated carbocycles. The van der Waals surface area contributed by atoms with Crippen molar-refractivity contribution in [3.63, 3.8) is 0 Å². The smallest absolute Gasteiger partial charge is 0.00982 e. The van der Waals surface area contributed by atoms with Gasteiger partial charge in [0.25, 0.3) is 0 Å². The highest BCUT2D eigenvalue weighted by Crippen LogP contribution is 2.33. The van der Waals surface area contributed by atoms with Crippen molar-refractivity contribution in [2.24, 2.45) is 17.8 Å². The second-order valence-electron chi connectivity index (χ2n) is 7.79. The van der Waals surface area contributed by atoms with Crippen LogP contribution >= 0.6 is 0 Å². The molecule has 1 saturated heterocycles. The van der Waals surface area contributed by atoms with E-state index in [0.717, 1.165) is 11.8 Å². The summed E-state index contributed by atoms with van der Waals surface area (Å²) in [5.41, 5.74) is 2.99. The molecule has 124 valence electrons. The van der Waals surface area contributed by atoms with E-state index in [9.17, 15) is 0 Å². The highest BCUT2D eigenvalue weighted by atomic mass is 15.2. The summed E-state index contributed by atoms with van der Waals surface area (Å²) in [6.45, 7) is 10.8. The average Bonchev–Trinajstić information content (AvgIpc) is 2.51. The van der Waals surface area contributed by atoms with E-state index in [1.165, 1.54) is 43.6 Å². The number of allylic oxidation sites excluding steroid dienone is 4. The zero-order valence-corrected chi connectivity index (χ0v) is 14.9. The highest BCUT2D eigenvalue weighted by molar-refractivity contribution is 5.37. The van der Waals surface area contributed by atoms with Crippen molar-refractivity contribution in [1.29, 1.82) is 0 Å². The number of rotatable bonds is 6. The third kappa shape index (κ3) is 4.14. The van der Waals surface area contributed by atoms with E-state index in [0.29, 0.717) is 11.8 Å². The predicted octanol–water partition coefficient (Wildman–Crippen LogP) is 5.27. The second kappa shape index (κ2) is 7.49. The van der Waals surface area contributed by atoms with Gasteiger partial charge >= 0.3 is 0 Å². The summed E-state index contributed by atoms with van der Waals surface area (Å²) in [7, 11) is 0. The summed E-state index contributed by atoms with van der Waals surface area (Å²) < 4.78 is 0. The number of nitrogens with zero attached hydrogens (tertiary/aromatic N) is 1. The molecule has 1 nitrogen and oxygen atoms in total. The van der Waals surface area contributed by atoms with Gasteiger partial charge in [-0.2, -0.15) is 0 Å². The van der Waals surface area contributed by atoms with Crippen molar-refractivity contribution >= 4 is 0 Å². The van der Waals surface area contributed by atoms with Gasteiger partial charge in [0.1, 0.15) is 0 Å². The van der Waals surface area contributed by atoms with E-state index in [1.807, 2.05) is 0 Å². The molecule has 0 bridgehead atoms. The van der Waals surface area contributed by atoms with Crippen molar-refractivity contribution in [1.82, 2.24) is 4.90 Å². The van der Waals surface area contributed by atoms with E-state index in [4.69, 9.17) is 0 Å². The van der Waals surface area contributed by atoms with Crippen LogP contribution in [0.5, 0.6) is 0 Å². The lowest BCUT2D eigenvalue weighted by molar-refractivity contribution is 0.0666. The molecule has 0 radical (unpaired) electrons. The zero-order valence-electron chi connectivity index (χ0n) is 14.9. The molecule has 3 rings (SSSR count). The molecule has 1 heteroatoms. The van der Waals surface area contributed by atoms with E-state index >= 15 is 0 Å². The first kappa shape index (κ1) is 16.5. The Kier molecular flexibility index (Phi) is 5.38. The maximum Gasteiger partial charge on any atom is 0.00982 e. The van der Waals surface area contributed by atoms with Gasteiger partial charge in [0.2, 0.25) is 0 Å². The molecule has 0 amide bonds. The minimum atomic E-state index is 0.554. The summed E-state index contributed by atoms with van der Waals surface area (Å²) in [5, 5.41) is 0. The van der Waals surface area contributed by atoms with Crippen LogP contribution in [0.2, 0.25) is 0 Å². The summed E-state index contributed by atoms with van der Waals surface area (Å²) in [6.07, 6.45) is 9.64. The number of benzene rings is 1. The fourth-order valence-electron chi connectivity index (χ4n) is 3.74. The van der Waals surface area contributed by atoms with Gasteiger partial charge in [-0.15, -0.1) is 0 Å². The molecule has 23 heavy (non-hydrogen) atoms. The van der Waals surface area contributed by atoms with Crippen molar-refractivity contribution in [3.05, 3.63) is 59.7 Å². The first-order chi connectivity index (χ1) is 11.1. The van der Waals surface area contributed by atoms with Crippen molar-refractivity contribution < 1.29 is 0 Å². The molecule has 0 N–H and O–H groups in total. The van der Waals surface area contributed by atoms with Crippen LogP contribution in [0.25, 0.3) is 0 Å². The Morgan fingerprint density at radius 2 is 1.87 bits per heavy atom. The molecule has 0 aromatic heterocycles. The predicted molar refractivity (Wildman–Crippen MR) is 99.6 cm³/mol. The number of hydrogen-bond donors (Lipinski definition) is 0. The maximum absolute atomic E-state index is 2.64. The lowest BCUT2D eigenvalue weighted by Gasteiger charge is -2.42. The Balaban J connectivity index is 1.64. The minimum absolute atomic E-state index is 0.554. The van der Waals surface area contributed by atoms with Gasteiger partial charge in [-0.3, -0.25) is 0 Å². The van der Waals surface area contributed by atoms with Crippen molar-refractivity contribution in [2.75, 3.05) is 19.6 Å². The summed E-state index contributed by atoms with van der Waals surface area (Å²) >= 11 is 0. The van der Waals surface area contributed by atoms with Gasteiger partial charge in [0.15, 0.2) is 0 Å². The fraction of sp³-hybridized carbons (Fsp3) is 0.545. The van der Waals surface area contributed by atoms with Gasteiger partial charge in [-0.05, 0) is 48.3 Å². The third-order valence-corrected chi connectivity index (χ3v) is 5.61. The van der Waals surface area contributed by atoms with Gasteiger partial charge in [-0.1, -0.05) is 69.3 Å². The molecule has 2 atom stereocenters. The van der Waals surface area contributed by atoms with Crippen LogP contribution in [0, 0.1) is 17.8 Å². The normalized spacial score (nSPS) is 23.7. The molecular formula is C22H31N. The molecule has 1 fully saturated rings. The van der Waals surface area contributed by atoms with Crippen LogP contribution in [0.15, 0.2) is 54.1 Å². The topological polar surface area (TPSA) is 3.24 Å².